The van der Waals surface area contributed by atoms with Crippen molar-refractivity contribution in [3.05, 3.63) is 30.3 Å². The monoisotopic (exact) mass is 290 g/mol. The maximum absolute atomic E-state index is 11.6. The van der Waals surface area contributed by atoms with E-state index in [4.69, 9.17) is 4.74 Å². The van der Waals surface area contributed by atoms with Crippen LogP contribution in [0, 0.1) is 5.92 Å². The fraction of sp³-hybridized carbons (Fsp3) is 0.588. The van der Waals surface area contributed by atoms with Crippen molar-refractivity contribution < 1.29 is 9.53 Å². The lowest BCUT2D eigenvalue weighted by atomic mass is 10.1. The lowest BCUT2D eigenvalue weighted by Gasteiger charge is -2.20. The third-order valence-corrected chi connectivity index (χ3v) is 3.63. The molecule has 1 heterocycles. The van der Waals surface area contributed by atoms with E-state index < -0.39 is 5.60 Å². The van der Waals surface area contributed by atoms with Gasteiger partial charge in [-0.2, -0.15) is 0 Å². The number of hydrogen-bond acceptors (Lipinski definition) is 3. The Balaban J connectivity index is 1.68. The van der Waals surface area contributed by atoms with Crippen LogP contribution in [-0.4, -0.2) is 31.3 Å². The molecule has 0 aromatic heterocycles. The number of ether oxygens (including phenoxy) is 1. The quantitative estimate of drug-likeness (QED) is 0.923. The number of carbonyl (C=O) groups excluding carboxylic acids is 1. The van der Waals surface area contributed by atoms with Crippen molar-refractivity contribution in [3.8, 4) is 0 Å². The Labute approximate surface area is 127 Å². The summed E-state index contributed by atoms with van der Waals surface area (Å²) in [4.78, 5) is 14.0. The van der Waals surface area contributed by atoms with E-state index >= 15 is 0 Å². The molecule has 1 aromatic rings. The smallest absolute Gasteiger partial charge is 0.407 e. The first-order chi connectivity index (χ1) is 9.94. The molecule has 1 aliphatic rings. The highest BCUT2D eigenvalue weighted by Crippen LogP contribution is 2.25. The first kappa shape index (κ1) is 15.7. The first-order valence-corrected chi connectivity index (χ1v) is 7.71. The average Bonchev–Trinajstić information content (AvgIpc) is 2.86. The zero-order valence-corrected chi connectivity index (χ0v) is 13.3. The van der Waals surface area contributed by atoms with Crippen molar-refractivity contribution in [2.24, 2.45) is 5.92 Å². The van der Waals surface area contributed by atoms with E-state index in [-0.39, 0.29) is 6.09 Å². The summed E-state index contributed by atoms with van der Waals surface area (Å²) < 4.78 is 5.23. The summed E-state index contributed by atoms with van der Waals surface area (Å²) in [5.74, 6) is 0.639. The number of rotatable bonds is 4. The van der Waals surface area contributed by atoms with Gasteiger partial charge in [-0.05, 0) is 51.7 Å². The lowest BCUT2D eigenvalue weighted by Crippen LogP contribution is -2.33. The summed E-state index contributed by atoms with van der Waals surface area (Å²) in [5, 5.41) is 2.84. The highest BCUT2D eigenvalue weighted by atomic mass is 16.6. The minimum atomic E-state index is -0.429. The topological polar surface area (TPSA) is 41.6 Å². The molecule has 0 radical (unpaired) electrons. The van der Waals surface area contributed by atoms with Crippen molar-refractivity contribution in [3.63, 3.8) is 0 Å². The van der Waals surface area contributed by atoms with Crippen LogP contribution in [0.4, 0.5) is 10.5 Å². The Morgan fingerprint density at radius 1 is 1.33 bits per heavy atom. The van der Waals surface area contributed by atoms with Crippen molar-refractivity contribution in [2.45, 2.75) is 39.2 Å². The number of carbonyl (C=O) groups is 1. The molecule has 0 aliphatic carbocycles. The van der Waals surface area contributed by atoms with Gasteiger partial charge in [0.2, 0.25) is 0 Å². The number of amides is 1. The number of nitrogens with one attached hydrogen (secondary N) is 1. The van der Waals surface area contributed by atoms with Gasteiger partial charge >= 0.3 is 6.09 Å². The number of nitrogens with zero attached hydrogens (tertiary/aromatic N) is 1. The van der Waals surface area contributed by atoms with Gasteiger partial charge in [-0.15, -0.1) is 0 Å². The Morgan fingerprint density at radius 2 is 2.05 bits per heavy atom. The van der Waals surface area contributed by atoms with Crippen molar-refractivity contribution in [1.29, 1.82) is 0 Å². The fourth-order valence-electron chi connectivity index (χ4n) is 2.63. The summed E-state index contributed by atoms with van der Waals surface area (Å²) in [7, 11) is 0. The van der Waals surface area contributed by atoms with Gasteiger partial charge in [-0.1, -0.05) is 18.2 Å². The third kappa shape index (κ3) is 5.29. The molecule has 4 heteroatoms. The molecule has 2 rings (SSSR count). The average molecular weight is 290 g/mol. The van der Waals surface area contributed by atoms with Gasteiger partial charge in [-0.3, -0.25) is 0 Å². The van der Waals surface area contributed by atoms with Crippen LogP contribution in [-0.2, 0) is 4.74 Å². The molecule has 1 amide bonds. The molecule has 1 aliphatic heterocycles. The maximum atomic E-state index is 11.6. The number of hydrogen-bond donors (Lipinski definition) is 1. The van der Waals surface area contributed by atoms with Crippen LogP contribution in [0.5, 0.6) is 0 Å². The van der Waals surface area contributed by atoms with Gasteiger partial charge in [0.25, 0.3) is 0 Å². The van der Waals surface area contributed by atoms with Crippen LogP contribution in [0.15, 0.2) is 30.3 Å². The molecule has 1 atom stereocenters. The number of para-hydroxylation sites is 1. The van der Waals surface area contributed by atoms with Gasteiger partial charge in [0.1, 0.15) is 5.60 Å². The Kier molecular flexibility index (Phi) is 5.10. The molecular weight excluding hydrogens is 264 g/mol. The van der Waals surface area contributed by atoms with E-state index in [9.17, 15) is 4.79 Å². The number of anilines is 1. The van der Waals surface area contributed by atoms with Gasteiger partial charge in [0.15, 0.2) is 0 Å². The zero-order valence-electron chi connectivity index (χ0n) is 13.3. The SMILES string of the molecule is CC(C)(C)OC(=O)NCCC1CCN(c2ccccc2)C1. The summed E-state index contributed by atoms with van der Waals surface area (Å²) in [6, 6.07) is 10.5. The molecule has 1 N–H and O–H groups in total. The minimum absolute atomic E-state index is 0.319. The van der Waals surface area contributed by atoms with E-state index in [0.29, 0.717) is 12.5 Å². The molecule has 116 valence electrons. The summed E-state index contributed by atoms with van der Waals surface area (Å²) >= 11 is 0. The summed E-state index contributed by atoms with van der Waals surface area (Å²) in [6.45, 7) is 8.48. The van der Waals surface area contributed by atoms with Crippen LogP contribution in [0.3, 0.4) is 0 Å². The Morgan fingerprint density at radius 3 is 2.71 bits per heavy atom. The summed E-state index contributed by atoms with van der Waals surface area (Å²) in [5.41, 5.74) is 0.863. The summed E-state index contributed by atoms with van der Waals surface area (Å²) in [6.07, 6.45) is 1.87. The molecule has 1 fully saturated rings. The standard InChI is InChI=1S/C17H26N2O2/c1-17(2,3)21-16(20)18-11-9-14-10-12-19(13-14)15-7-5-4-6-8-15/h4-8,14H,9-13H2,1-3H3,(H,18,20). The van der Waals surface area contributed by atoms with Crippen molar-refractivity contribution in [2.75, 3.05) is 24.5 Å². The van der Waals surface area contributed by atoms with Gasteiger partial charge in [0.05, 0.1) is 0 Å². The highest BCUT2D eigenvalue weighted by molar-refractivity contribution is 5.67. The van der Waals surface area contributed by atoms with Crippen LogP contribution in [0.1, 0.15) is 33.6 Å². The maximum Gasteiger partial charge on any atom is 0.407 e. The fourth-order valence-corrected chi connectivity index (χ4v) is 2.63. The predicted octanol–water partition coefficient (Wildman–Crippen LogP) is 3.43. The van der Waals surface area contributed by atoms with Gasteiger partial charge in [0, 0.05) is 25.3 Å². The number of benzene rings is 1. The number of alkyl carbamates (subject to hydrolysis) is 1. The van der Waals surface area contributed by atoms with Crippen molar-refractivity contribution in [1.82, 2.24) is 5.32 Å². The Bertz CT molecular complexity index is 454. The van der Waals surface area contributed by atoms with E-state index in [1.807, 2.05) is 26.8 Å². The molecule has 1 saturated heterocycles. The third-order valence-electron chi connectivity index (χ3n) is 3.63. The van der Waals surface area contributed by atoms with Gasteiger partial charge in [-0.25, -0.2) is 4.79 Å². The van der Waals surface area contributed by atoms with Crippen LogP contribution >= 0.6 is 0 Å². The van der Waals surface area contributed by atoms with Crippen molar-refractivity contribution >= 4 is 11.8 Å². The second kappa shape index (κ2) is 6.83. The first-order valence-electron chi connectivity index (χ1n) is 7.71. The molecular formula is C17H26N2O2. The molecule has 1 unspecified atom stereocenters. The van der Waals surface area contributed by atoms with E-state index in [1.54, 1.807) is 0 Å². The second-order valence-corrected chi connectivity index (χ2v) is 6.65. The molecule has 0 saturated carbocycles. The van der Waals surface area contributed by atoms with Gasteiger partial charge < -0.3 is 15.0 Å². The van der Waals surface area contributed by atoms with E-state index in [0.717, 1.165) is 19.5 Å². The lowest BCUT2D eigenvalue weighted by molar-refractivity contribution is 0.0525. The molecule has 4 nitrogen and oxygen atoms in total. The van der Waals surface area contributed by atoms with E-state index in [1.165, 1.54) is 12.1 Å². The normalized spacial score (nSPS) is 18.6. The molecule has 21 heavy (non-hydrogen) atoms. The highest BCUT2D eigenvalue weighted by Gasteiger charge is 2.22. The zero-order chi connectivity index (χ0) is 15.3. The van der Waals surface area contributed by atoms with Crippen LogP contribution in [0.2, 0.25) is 0 Å². The minimum Gasteiger partial charge on any atom is -0.444 e. The van der Waals surface area contributed by atoms with Crippen LogP contribution in [0.25, 0.3) is 0 Å². The second-order valence-electron chi connectivity index (χ2n) is 6.65. The predicted molar refractivity (Wildman–Crippen MR) is 85.6 cm³/mol. The molecule has 0 spiro atoms. The molecule has 0 bridgehead atoms. The van der Waals surface area contributed by atoms with E-state index in [2.05, 4.69) is 34.5 Å². The Hall–Kier alpha value is -1.71. The van der Waals surface area contributed by atoms with Crippen LogP contribution < -0.4 is 10.2 Å². The largest absolute Gasteiger partial charge is 0.444 e. The molecule has 1 aromatic carbocycles.